The molecular formula is C12H13Br2N3. The van der Waals surface area contributed by atoms with Gasteiger partial charge in [-0.2, -0.15) is 0 Å². The highest BCUT2D eigenvalue weighted by Crippen LogP contribution is 2.34. The van der Waals surface area contributed by atoms with E-state index in [1.165, 1.54) is 0 Å². The number of hydrazine groups is 1. The summed E-state index contributed by atoms with van der Waals surface area (Å²) in [5.41, 5.74) is 5.62. The van der Waals surface area contributed by atoms with Crippen molar-refractivity contribution in [1.29, 1.82) is 0 Å². The van der Waals surface area contributed by atoms with Gasteiger partial charge in [0.15, 0.2) is 0 Å². The second-order valence-corrected chi connectivity index (χ2v) is 5.52. The van der Waals surface area contributed by atoms with E-state index in [0.717, 1.165) is 44.1 Å². The molecule has 0 radical (unpaired) electrons. The lowest BCUT2D eigenvalue weighted by Gasteiger charge is -2.11. The molecule has 0 aliphatic carbocycles. The highest BCUT2D eigenvalue weighted by Gasteiger charge is 2.10. The molecule has 17 heavy (non-hydrogen) atoms. The summed E-state index contributed by atoms with van der Waals surface area (Å²) < 4.78 is 1.96. The van der Waals surface area contributed by atoms with Gasteiger partial charge in [0.25, 0.3) is 0 Å². The molecule has 0 fully saturated rings. The Balaban J connectivity index is 2.77. The molecule has 1 aromatic heterocycles. The minimum absolute atomic E-state index is 0.895. The number of anilines is 1. The van der Waals surface area contributed by atoms with Crippen molar-refractivity contribution in [2.75, 3.05) is 5.43 Å². The molecule has 5 heteroatoms. The molecule has 3 nitrogen and oxygen atoms in total. The summed E-state index contributed by atoms with van der Waals surface area (Å²) in [6.45, 7) is 2.14. The van der Waals surface area contributed by atoms with Gasteiger partial charge in [0.05, 0.1) is 11.2 Å². The molecule has 2 rings (SSSR count). The summed E-state index contributed by atoms with van der Waals surface area (Å²) in [4.78, 5) is 4.66. The van der Waals surface area contributed by atoms with Crippen LogP contribution in [0, 0.1) is 0 Å². The van der Waals surface area contributed by atoms with Crippen molar-refractivity contribution < 1.29 is 0 Å². The Morgan fingerprint density at radius 3 is 2.65 bits per heavy atom. The summed E-state index contributed by atoms with van der Waals surface area (Å²) in [6.07, 6.45) is 2.01. The molecule has 0 spiro atoms. The molecule has 90 valence electrons. The monoisotopic (exact) mass is 357 g/mol. The Labute approximate surface area is 117 Å². The van der Waals surface area contributed by atoms with E-state index >= 15 is 0 Å². The van der Waals surface area contributed by atoms with Crippen LogP contribution in [0.25, 0.3) is 10.9 Å². The van der Waals surface area contributed by atoms with Gasteiger partial charge in [-0.15, -0.1) is 0 Å². The van der Waals surface area contributed by atoms with Crippen molar-refractivity contribution in [3.8, 4) is 0 Å². The number of hydrogen-bond donors (Lipinski definition) is 2. The molecule has 0 saturated heterocycles. The number of rotatable bonds is 3. The average Bonchev–Trinajstić information content (AvgIpc) is 2.33. The second kappa shape index (κ2) is 5.33. The van der Waals surface area contributed by atoms with Crippen LogP contribution in [0.3, 0.4) is 0 Å². The number of halogens is 2. The Kier molecular flexibility index (Phi) is 4.01. The molecule has 1 aromatic carbocycles. The first-order valence-corrected chi connectivity index (χ1v) is 7.00. The third kappa shape index (κ3) is 2.46. The van der Waals surface area contributed by atoms with Gasteiger partial charge in [-0.1, -0.05) is 29.3 Å². The molecule has 0 bridgehead atoms. The summed E-state index contributed by atoms with van der Waals surface area (Å²) in [7, 11) is 0. The highest BCUT2D eigenvalue weighted by atomic mass is 79.9. The predicted octanol–water partition coefficient (Wildman–Crippen LogP) is 4.00. The van der Waals surface area contributed by atoms with Crippen LogP contribution in [0.15, 0.2) is 27.1 Å². The number of aromatic nitrogens is 1. The zero-order chi connectivity index (χ0) is 12.4. The topological polar surface area (TPSA) is 50.9 Å². The summed E-state index contributed by atoms with van der Waals surface area (Å²) in [5.74, 6) is 5.59. The van der Waals surface area contributed by atoms with Crippen molar-refractivity contribution >= 4 is 48.5 Å². The SMILES string of the molecule is CCCc1cc(NN)c2c(Br)ccc(Br)c2n1. The molecule has 0 atom stereocenters. The molecule has 0 amide bonds. The third-order valence-electron chi connectivity index (χ3n) is 2.58. The van der Waals surface area contributed by atoms with Gasteiger partial charge >= 0.3 is 0 Å². The van der Waals surface area contributed by atoms with Gasteiger partial charge in [0.2, 0.25) is 0 Å². The highest BCUT2D eigenvalue weighted by molar-refractivity contribution is 9.11. The molecule has 0 aliphatic heterocycles. The number of benzene rings is 1. The van der Waals surface area contributed by atoms with E-state index in [1.807, 2.05) is 18.2 Å². The van der Waals surface area contributed by atoms with E-state index in [9.17, 15) is 0 Å². The Morgan fingerprint density at radius 1 is 1.29 bits per heavy atom. The van der Waals surface area contributed by atoms with E-state index in [-0.39, 0.29) is 0 Å². The van der Waals surface area contributed by atoms with Crippen LogP contribution >= 0.6 is 31.9 Å². The molecule has 0 saturated carbocycles. The van der Waals surface area contributed by atoms with Crippen LogP contribution in [-0.4, -0.2) is 4.98 Å². The Hall–Kier alpha value is -0.650. The smallest absolute Gasteiger partial charge is 0.0879 e. The largest absolute Gasteiger partial charge is 0.323 e. The maximum absolute atomic E-state index is 5.59. The summed E-state index contributed by atoms with van der Waals surface area (Å²) in [6, 6.07) is 5.97. The van der Waals surface area contributed by atoms with E-state index in [2.05, 4.69) is 49.2 Å². The van der Waals surface area contributed by atoms with Gasteiger partial charge in [0.1, 0.15) is 0 Å². The summed E-state index contributed by atoms with van der Waals surface area (Å²) >= 11 is 7.06. The lowest BCUT2D eigenvalue weighted by molar-refractivity contribution is 0.889. The Bertz CT molecular complexity index is 555. The number of nitrogen functional groups attached to an aromatic ring is 1. The first kappa shape index (κ1) is 12.8. The number of nitrogens with zero attached hydrogens (tertiary/aromatic N) is 1. The first-order valence-electron chi connectivity index (χ1n) is 5.41. The van der Waals surface area contributed by atoms with Gasteiger partial charge in [-0.05, 0) is 40.5 Å². The second-order valence-electron chi connectivity index (χ2n) is 3.81. The number of nitrogens with one attached hydrogen (secondary N) is 1. The Morgan fingerprint density at radius 2 is 2.00 bits per heavy atom. The van der Waals surface area contributed by atoms with Crippen LogP contribution in [0.1, 0.15) is 19.0 Å². The van der Waals surface area contributed by atoms with Gasteiger partial charge in [0, 0.05) is 20.0 Å². The lowest BCUT2D eigenvalue weighted by Crippen LogP contribution is -2.09. The van der Waals surface area contributed by atoms with E-state index < -0.39 is 0 Å². The van der Waals surface area contributed by atoms with E-state index in [0.29, 0.717) is 0 Å². The average molecular weight is 359 g/mol. The van der Waals surface area contributed by atoms with Crippen LogP contribution in [0.2, 0.25) is 0 Å². The fraction of sp³-hybridized carbons (Fsp3) is 0.250. The fourth-order valence-corrected chi connectivity index (χ4v) is 2.77. The van der Waals surface area contributed by atoms with E-state index in [1.54, 1.807) is 0 Å². The van der Waals surface area contributed by atoms with Gasteiger partial charge in [-0.3, -0.25) is 10.8 Å². The normalized spacial score (nSPS) is 10.8. The van der Waals surface area contributed by atoms with Crippen LogP contribution in [-0.2, 0) is 6.42 Å². The molecule has 3 N–H and O–H groups in total. The molecule has 1 heterocycles. The van der Waals surface area contributed by atoms with Crippen molar-refractivity contribution in [2.24, 2.45) is 5.84 Å². The maximum atomic E-state index is 5.59. The number of aryl methyl sites for hydroxylation is 1. The number of nitrogens with two attached hydrogens (primary N) is 1. The minimum atomic E-state index is 0.895. The third-order valence-corrected chi connectivity index (χ3v) is 3.88. The van der Waals surface area contributed by atoms with Crippen LogP contribution in [0.4, 0.5) is 5.69 Å². The lowest BCUT2D eigenvalue weighted by atomic mass is 10.1. The van der Waals surface area contributed by atoms with E-state index in [4.69, 9.17) is 5.84 Å². The zero-order valence-electron chi connectivity index (χ0n) is 9.43. The maximum Gasteiger partial charge on any atom is 0.0879 e. The van der Waals surface area contributed by atoms with Gasteiger partial charge in [-0.25, -0.2) is 0 Å². The number of hydrogen-bond acceptors (Lipinski definition) is 3. The first-order chi connectivity index (χ1) is 8.17. The van der Waals surface area contributed by atoms with Crippen LogP contribution < -0.4 is 11.3 Å². The van der Waals surface area contributed by atoms with Gasteiger partial charge < -0.3 is 5.43 Å². The van der Waals surface area contributed by atoms with Crippen molar-refractivity contribution in [3.63, 3.8) is 0 Å². The zero-order valence-corrected chi connectivity index (χ0v) is 12.6. The molecule has 0 aliphatic rings. The van der Waals surface area contributed by atoms with Crippen molar-refractivity contribution in [1.82, 2.24) is 4.98 Å². The number of fused-ring (bicyclic) bond motifs is 1. The predicted molar refractivity (Wildman–Crippen MR) is 78.9 cm³/mol. The van der Waals surface area contributed by atoms with Crippen molar-refractivity contribution in [3.05, 3.63) is 32.8 Å². The minimum Gasteiger partial charge on any atom is -0.323 e. The van der Waals surface area contributed by atoms with Crippen LogP contribution in [0.5, 0.6) is 0 Å². The van der Waals surface area contributed by atoms with Crippen molar-refractivity contribution in [2.45, 2.75) is 19.8 Å². The fourth-order valence-electron chi connectivity index (χ4n) is 1.82. The molecule has 0 unspecified atom stereocenters. The standard InChI is InChI=1S/C12H13Br2N3/c1-2-3-7-6-10(17-15)11-8(13)4-5-9(14)12(11)16-7/h4-6H,2-3,15H2,1H3,(H,16,17). The molecule has 2 aromatic rings. The quantitative estimate of drug-likeness (QED) is 0.644. The summed E-state index contributed by atoms with van der Waals surface area (Å²) in [5, 5.41) is 1.00. The molecular weight excluding hydrogens is 346 g/mol. The number of pyridine rings is 1.